The number of piperazine rings is 1. The van der Waals surface area contributed by atoms with Gasteiger partial charge in [-0.25, -0.2) is 9.97 Å². The number of nitrogens with zero attached hydrogens (tertiary/aromatic N) is 3. The fourth-order valence-electron chi connectivity index (χ4n) is 3.31. The lowest BCUT2D eigenvalue weighted by Gasteiger charge is -2.34. The van der Waals surface area contributed by atoms with Crippen molar-refractivity contribution in [2.45, 2.75) is 31.8 Å². The number of aryl methyl sites for hydroxylation is 1. The molecule has 18 heavy (non-hydrogen) atoms. The van der Waals surface area contributed by atoms with Gasteiger partial charge in [-0.15, -0.1) is 0 Å². The molecule has 4 rings (SSSR count). The molecule has 4 heterocycles. The third-order valence-electron chi connectivity index (χ3n) is 4.16. The molecule has 0 amide bonds. The molecule has 0 aromatic carbocycles. The van der Waals surface area contributed by atoms with Crippen molar-refractivity contribution in [2.75, 3.05) is 18.0 Å². The molecule has 0 aliphatic carbocycles. The monoisotopic (exact) mass is 243 g/mol. The van der Waals surface area contributed by atoms with E-state index in [1.54, 1.807) is 6.33 Å². The third kappa shape index (κ3) is 1.43. The molecule has 5 heteroatoms. The summed E-state index contributed by atoms with van der Waals surface area (Å²) in [6.45, 7) is 4.24. The van der Waals surface area contributed by atoms with Gasteiger partial charge in [0.1, 0.15) is 17.8 Å². The predicted octanol–water partition coefficient (Wildman–Crippen LogP) is 1.21. The number of nitrogens with one attached hydrogen (secondary N) is 2. The third-order valence-corrected chi connectivity index (χ3v) is 4.16. The van der Waals surface area contributed by atoms with Gasteiger partial charge in [-0.3, -0.25) is 0 Å². The Morgan fingerprint density at radius 1 is 1.22 bits per heavy atom. The average Bonchev–Trinajstić information content (AvgIpc) is 2.93. The van der Waals surface area contributed by atoms with Crippen LogP contribution in [0.15, 0.2) is 12.5 Å². The Hall–Kier alpha value is -1.62. The van der Waals surface area contributed by atoms with Crippen molar-refractivity contribution in [3.05, 3.63) is 18.1 Å². The van der Waals surface area contributed by atoms with Gasteiger partial charge < -0.3 is 15.2 Å². The van der Waals surface area contributed by atoms with Gasteiger partial charge in [-0.2, -0.15) is 0 Å². The van der Waals surface area contributed by atoms with Crippen LogP contribution in [0.5, 0.6) is 0 Å². The number of hydrogen-bond donors (Lipinski definition) is 2. The van der Waals surface area contributed by atoms with E-state index in [4.69, 9.17) is 0 Å². The van der Waals surface area contributed by atoms with Crippen LogP contribution in [0.2, 0.25) is 0 Å². The molecular weight excluding hydrogens is 226 g/mol. The molecule has 2 bridgehead atoms. The van der Waals surface area contributed by atoms with Gasteiger partial charge in [-0.05, 0) is 25.3 Å². The summed E-state index contributed by atoms with van der Waals surface area (Å²) in [5.41, 5.74) is 2.18. The first-order valence-corrected chi connectivity index (χ1v) is 6.61. The second-order valence-electron chi connectivity index (χ2n) is 5.44. The molecule has 2 fully saturated rings. The van der Waals surface area contributed by atoms with E-state index < -0.39 is 0 Å². The smallest absolute Gasteiger partial charge is 0.143 e. The molecule has 0 unspecified atom stereocenters. The highest BCUT2D eigenvalue weighted by Gasteiger charge is 2.33. The molecular formula is C13H17N5. The second kappa shape index (κ2) is 3.68. The van der Waals surface area contributed by atoms with E-state index in [0.717, 1.165) is 24.6 Å². The van der Waals surface area contributed by atoms with E-state index in [2.05, 4.69) is 32.1 Å². The highest BCUT2D eigenvalue weighted by molar-refractivity contribution is 5.90. The number of aromatic nitrogens is 3. The molecule has 2 saturated heterocycles. The number of hydrogen-bond acceptors (Lipinski definition) is 4. The first-order chi connectivity index (χ1) is 8.81. The van der Waals surface area contributed by atoms with Crippen molar-refractivity contribution >= 4 is 16.9 Å². The van der Waals surface area contributed by atoms with Gasteiger partial charge in [0.05, 0.1) is 5.39 Å². The topological polar surface area (TPSA) is 56.8 Å². The van der Waals surface area contributed by atoms with Gasteiger partial charge in [0.15, 0.2) is 0 Å². The molecule has 0 spiro atoms. The molecule has 94 valence electrons. The molecule has 2 atom stereocenters. The summed E-state index contributed by atoms with van der Waals surface area (Å²) < 4.78 is 0. The molecule has 0 radical (unpaired) electrons. The summed E-state index contributed by atoms with van der Waals surface area (Å²) in [5, 5.41) is 4.83. The molecule has 5 nitrogen and oxygen atoms in total. The van der Waals surface area contributed by atoms with Crippen molar-refractivity contribution < 1.29 is 0 Å². The van der Waals surface area contributed by atoms with Crippen LogP contribution in [0.3, 0.4) is 0 Å². The largest absolute Gasteiger partial charge is 0.353 e. The fraction of sp³-hybridized carbons (Fsp3) is 0.538. The van der Waals surface area contributed by atoms with Crippen LogP contribution in [0.4, 0.5) is 5.82 Å². The standard InChI is InChI=1S/C13H17N5/c1-8-4-14-12-11(8)13(16-7-15-12)18-5-9-2-3-10(6-18)17-9/h4,7,9-10,17H,2-3,5-6H2,1H3,(H,14,15,16)/t9-,10+. The zero-order valence-corrected chi connectivity index (χ0v) is 10.5. The first kappa shape index (κ1) is 10.3. The number of anilines is 1. The number of rotatable bonds is 1. The summed E-state index contributed by atoms with van der Waals surface area (Å²) in [6.07, 6.45) is 6.26. The summed E-state index contributed by atoms with van der Waals surface area (Å²) in [7, 11) is 0. The summed E-state index contributed by atoms with van der Waals surface area (Å²) >= 11 is 0. The van der Waals surface area contributed by atoms with Crippen molar-refractivity contribution in [3.8, 4) is 0 Å². The van der Waals surface area contributed by atoms with E-state index in [1.165, 1.54) is 23.8 Å². The lowest BCUT2D eigenvalue weighted by atomic mass is 10.2. The van der Waals surface area contributed by atoms with Crippen LogP contribution in [-0.2, 0) is 0 Å². The first-order valence-electron chi connectivity index (χ1n) is 6.61. The van der Waals surface area contributed by atoms with Crippen LogP contribution >= 0.6 is 0 Å². The Balaban J connectivity index is 1.80. The van der Waals surface area contributed by atoms with E-state index in [0.29, 0.717) is 12.1 Å². The lowest BCUT2D eigenvalue weighted by Crippen LogP contribution is -2.51. The molecule has 2 aliphatic rings. The predicted molar refractivity (Wildman–Crippen MR) is 70.8 cm³/mol. The van der Waals surface area contributed by atoms with Crippen LogP contribution < -0.4 is 10.2 Å². The minimum Gasteiger partial charge on any atom is -0.353 e. The van der Waals surface area contributed by atoms with Gasteiger partial charge in [-0.1, -0.05) is 0 Å². The van der Waals surface area contributed by atoms with Crippen LogP contribution in [-0.4, -0.2) is 40.1 Å². The Morgan fingerprint density at radius 2 is 2.00 bits per heavy atom. The second-order valence-corrected chi connectivity index (χ2v) is 5.44. The summed E-state index contributed by atoms with van der Waals surface area (Å²) in [6, 6.07) is 1.26. The van der Waals surface area contributed by atoms with Gasteiger partial charge in [0, 0.05) is 31.4 Å². The van der Waals surface area contributed by atoms with Crippen molar-refractivity contribution in [2.24, 2.45) is 0 Å². The van der Waals surface area contributed by atoms with Gasteiger partial charge in [0.2, 0.25) is 0 Å². The highest BCUT2D eigenvalue weighted by Crippen LogP contribution is 2.29. The Morgan fingerprint density at radius 3 is 2.78 bits per heavy atom. The normalized spacial score (nSPS) is 27.1. The van der Waals surface area contributed by atoms with Crippen molar-refractivity contribution in [3.63, 3.8) is 0 Å². The van der Waals surface area contributed by atoms with Gasteiger partial charge in [0.25, 0.3) is 0 Å². The maximum absolute atomic E-state index is 4.53. The lowest BCUT2D eigenvalue weighted by molar-refractivity contribution is 0.464. The summed E-state index contributed by atoms with van der Waals surface area (Å²) in [4.78, 5) is 14.5. The number of H-pyrrole nitrogens is 1. The van der Waals surface area contributed by atoms with Crippen molar-refractivity contribution in [1.82, 2.24) is 20.3 Å². The van der Waals surface area contributed by atoms with Gasteiger partial charge >= 0.3 is 0 Å². The Bertz CT molecular complexity index is 578. The molecule has 2 aliphatic heterocycles. The molecule has 0 saturated carbocycles. The number of aromatic amines is 1. The van der Waals surface area contributed by atoms with Crippen LogP contribution in [0, 0.1) is 6.92 Å². The van der Waals surface area contributed by atoms with Crippen LogP contribution in [0.1, 0.15) is 18.4 Å². The van der Waals surface area contributed by atoms with E-state index in [9.17, 15) is 0 Å². The minimum absolute atomic E-state index is 0.632. The Kier molecular flexibility index (Phi) is 2.11. The molecule has 2 aromatic rings. The van der Waals surface area contributed by atoms with Crippen LogP contribution in [0.25, 0.3) is 11.0 Å². The highest BCUT2D eigenvalue weighted by atomic mass is 15.3. The van der Waals surface area contributed by atoms with E-state index >= 15 is 0 Å². The average molecular weight is 243 g/mol. The maximum Gasteiger partial charge on any atom is 0.143 e. The SMILES string of the molecule is Cc1c[nH]c2ncnc(N3C[C@H]4CC[C@@H](C3)N4)c12. The fourth-order valence-corrected chi connectivity index (χ4v) is 3.31. The van der Waals surface area contributed by atoms with E-state index in [-0.39, 0.29) is 0 Å². The summed E-state index contributed by atoms with van der Waals surface area (Å²) in [5.74, 6) is 1.09. The number of fused-ring (bicyclic) bond motifs is 3. The molecule has 2 N–H and O–H groups in total. The zero-order valence-electron chi connectivity index (χ0n) is 10.5. The molecule has 2 aromatic heterocycles. The van der Waals surface area contributed by atoms with Crippen molar-refractivity contribution in [1.29, 1.82) is 0 Å². The zero-order chi connectivity index (χ0) is 12.1. The quantitative estimate of drug-likeness (QED) is 0.790. The Labute approximate surface area is 106 Å². The van der Waals surface area contributed by atoms with E-state index in [1.807, 2.05) is 6.20 Å². The maximum atomic E-state index is 4.53. The minimum atomic E-state index is 0.632.